The molecular weight excluding hydrogens is 388 g/mol. The summed E-state index contributed by atoms with van der Waals surface area (Å²) in [6, 6.07) is 13.8. The number of aromatic nitrogens is 5. The molecule has 29 heavy (non-hydrogen) atoms. The van der Waals surface area contributed by atoms with Crippen LogP contribution < -0.4 is 0 Å². The largest absolute Gasteiger partial charge is 0.461 e. The summed E-state index contributed by atoms with van der Waals surface area (Å²) >= 11 is 1.53. The molecule has 1 fully saturated rings. The van der Waals surface area contributed by atoms with Crippen LogP contribution >= 0.6 is 11.8 Å². The zero-order chi connectivity index (χ0) is 19.5. The van der Waals surface area contributed by atoms with E-state index >= 15 is 0 Å². The summed E-state index contributed by atoms with van der Waals surface area (Å²) in [6.45, 7) is 3.02. The molecule has 0 aliphatic carbocycles. The maximum Gasteiger partial charge on any atom is 0.238 e. The van der Waals surface area contributed by atoms with Crippen LogP contribution in [0.4, 0.5) is 0 Å². The Kier molecular flexibility index (Phi) is 5.14. The highest BCUT2D eigenvalue weighted by Crippen LogP contribution is 2.27. The molecule has 4 heterocycles. The molecule has 0 bridgehead atoms. The Balaban J connectivity index is 1.37. The molecule has 0 unspecified atom stereocenters. The minimum atomic E-state index is 0.449. The summed E-state index contributed by atoms with van der Waals surface area (Å²) in [5.74, 6) is 3.00. The first kappa shape index (κ1) is 18.1. The Labute approximate surface area is 171 Å². The fraction of sp³-hybridized carbons (Fsp3) is 0.300. The third-order valence-corrected chi connectivity index (χ3v) is 5.73. The fourth-order valence-corrected chi connectivity index (χ4v) is 4.23. The zero-order valence-electron chi connectivity index (χ0n) is 15.8. The van der Waals surface area contributed by atoms with Crippen LogP contribution in [-0.4, -0.2) is 42.9 Å². The summed E-state index contributed by atoms with van der Waals surface area (Å²) in [6.07, 6.45) is 4.08. The van der Waals surface area contributed by atoms with Crippen molar-refractivity contribution >= 4 is 11.8 Å². The molecule has 4 aromatic rings. The van der Waals surface area contributed by atoms with E-state index in [0.29, 0.717) is 23.2 Å². The summed E-state index contributed by atoms with van der Waals surface area (Å²) in [5.41, 5.74) is 1.05. The van der Waals surface area contributed by atoms with Crippen molar-refractivity contribution in [1.29, 1.82) is 0 Å². The van der Waals surface area contributed by atoms with Crippen molar-refractivity contribution in [1.82, 2.24) is 29.8 Å². The summed E-state index contributed by atoms with van der Waals surface area (Å²) in [4.78, 5) is 6.82. The molecule has 1 aliphatic rings. The molecule has 0 radical (unpaired) electrons. The highest BCUT2D eigenvalue weighted by atomic mass is 32.2. The van der Waals surface area contributed by atoms with Crippen molar-refractivity contribution in [3.8, 4) is 17.3 Å². The Morgan fingerprint density at radius 1 is 1.00 bits per heavy atom. The number of hydrogen-bond acceptors (Lipinski definition) is 8. The van der Waals surface area contributed by atoms with Gasteiger partial charge in [-0.15, -0.1) is 10.2 Å². The molecule has 1 aromatic carbocycles. The summed E-state index contributed by atoms with van der Waals surface area (Å²) < 4.78 is 12.8. The minimum Gasteiger partial charge on any atom is -0.461 e. The first-order valence-electron chi connectivity index (χ1n) is 9.58. The van der Waals surface area contributed by atoms with Crippen molar-refractivity contribution in [2.45, 2.75) is 30.3 Å². The second-order valence-electron chi connectivity index (χ2n) is 6.83. The molecule has 1 saturated heterocycles. The molecule has 8 nitrogen and oxygen atoms in total. The van der Waals surface area contributed by atoms with Gasteiger partial charge in [-0.3, -0.25) is 9.47 Å². The summed E-state index contributed by atoms with van der Waals surface area (Å²) in [7, 11) is 0. The van der Waals surface area contributed by atoms with Crippen molar-refractivity contribution in [2.24, 2.45) is 0 Å². The van der Waals surface area contributed by atoms with Crippen LogP contribution in [0.5, 0.6) is 0 Å². The van der Waals surface area contributed by atoms with Gasteiger partial charge in [0, 0.05) is 5.69 Å². The molecule has 5 rings (SSSR count). The number of nitrogens with zero attached hydrogens (tertiary/aromatic N) is 6. The number of rotatable bonds is 7. The van der Waals surface area contributed by atoms with Gasteiger partial charge < -0.3 is 8.94 Å². The van der Waals surface area contributed by atoms with Crippen molar-refractivity contribution in [3.05, 3.63) is 60.4 Å². The van der Waals surface area contributed by atoms with Crippen LogP contribution in [0, 0.1) is 0 Å². The van der Waals surface area contributed by atoms with E-state index in [4.69, 9.17) is 8.94 Å². The molecule has 148 valence electrons. The maximum atomic E-state index is 5.36. The van der Waals surface area contributed by atoms with E-state index in [0.717, 1.165) is 36.3 Å². The lowest BCUT2D eigenvalue weighted by Gasteiger charge is -2.15. The molecular formula is C20H20N6O2S. The SMILES string of the molecule is c1ccc(-n2c(CN3CCCC3)nnc2SCc2nc(-c3ccco3)no2)cc1. The van der Waals surface area contributed by atoms with Crippen molar-refractivity contribution in [3.63, 3.8) is 0 Å². The van der Waals surface area contributed by atoms with Gasteiger partial charge in [0.05, 0.1) is 18.6 Å². The van der Waals surface area contributed by atoms with Gasteiger partial charge in [0.2, 0.25) is 11.7 Å². The van der Waals surface area contributed by atoms with Crippen LogP contribution in [0.1, 0.15) is 24.6 Å². The average molecular weight is 408 g/mol. The minimum absolute atomic E-state index is 0.449. The Morgan fingerprint density at radius 3 is 2.66 bits per heavy atom. The fourth-order valence-electron chi connectivity index (χ4n) is 3.42. The van der Waals surface area contributed by atoms with Gasteiger partial charge in [0.1, 0.15) is 0 Å². The summed E-state index contributed by atoms with van der Waals surface area (Å²) in [5, 5.41) is 13.7. The van der Waals surface area contributed by atoms with E-state index in [9.17, 15) is 0 Å². The first-order chi connectivity index (χ1) is 14.4. The number of para-hydroxylation sites is 1. The van der Waals surface area contributed by atoms with E-state index in [1.165, 1.54) is 24.6 Å². The lowest BCUT2D eigenvalue weighted by atomic mass is 10.3. The van der Waals surface area contributed by atoms with E-state index in [-0.39, 0.29) is 0 Å². The predicted octanol–water partition coefficient (Wildman–Crippen LogP) is 3.80. The van der Waals surface area contributed by atoms with E-state index in [2.05, 4.69) is 41.9 Å². The second kappa shape index (κ2) is 8.22. The number of furan rings is 1. The molecule has 0 atom stereocenters. The van der Waals surface area contributed by atoms with Crippen molar-refractivity contribution in [2.75, 3.05) is 13.1 Å². The second-order valence-corrected chi connectivity index (χ2v) is 7.77. The number of thioether (sulfide) groups is 1. The smallest absolute Gasteiger partial charge is 0.238 e. The third kappa shape index (κ3) is 3.96. The highest BCUT2D eigenvalue weighted by molar-refractivity contribution is 7.98. The van der Waals surface area contributed by atoms with Crippen LogP contribution in [0.2, 0.25) is 0 Å². The topological polar surface area (TPSA) is 86.0 Å². The van der Waals surface area contributed by atoms with Crippen LogP contribution in [0.25, 0.3) is 17.3 Å². The van der Waals surface area contributed by atoms with Gasteiger partial charge in [-0.1, -0.05) is 35.1 Å². The van der Waals surface area contributed by atoms with Gasteiger partial charge in [-0.05, 0) is 50.2 Å². The Bertz CT molecular complexity index is 1050. The quantitative estimate of drug-likeness (QED) is 0.427. The first-order valence-corrected chi connectivity index (χ1v) is 10.6. The van der Waals surface area contributed by atoms with Gasteiger partial charge in [-0.2, -0.15) is 4.98 Å². The van der Waals surface area contributed by atoms with Gasteiger partial charge in [-0.25, -0.2) is 0 Å². The van der Waals surface area contributed by atoms with E-state index < -0.39 is 0 Å². The normalized spacial score (nSPS) is 14.6. The van der Waals surface area contributed by atoms with Gasteiger partial charge in [0.25, 0.3) is 0 Å². The van der Waals surface area contributed by atoms with Crippen LogP contribution in [0.3, 0.4) is 0 Å². The van der Waals surface area contributed by atoms with Gasteiger partial charge >= 0.3 is 0 Å². The molecule has 0 spiro atoms. The van der Waals surface area contributed by atoms with Crippen LogP contribution in [0.15, 0.2) is 62.8 Å². The van der Waals surface area contributed by atoms with Crippen LogP contribution in [-0.2, 0) is 12.3 Å². The molecule has 0 amide bonds. The lowest BCUT2D eigenvalue weighted by molar-refractivity contribution is 0.319. The van der Waals surface area contributed by atoms with E-state index in [1.807, 2.05) is 18.2 Å². The maximum absolute atomic E-state index is 5.36. The molecule has 9 heteroatoms. The van der Waals surface area contributed by atoms with Gasteiger partial charge in [0.15, 0.2) is 16.7 Å². The number of benzene rings is 1. The highest BCUT2D eigenvalue weighted by Gasteiger charge is 2.20. The van der Waals surface area contributed by atoms with E-state index in [1.54, 1.807) is 18.4 Å². The molecule has 3 aromatic heterocycles. The molecule has 1 aliphatic heterocycles. The number of hydrogen-bond donors (Lipinski definition) is 0. The molecule has 0 saturated carbocycles. The molecule has 0 N–H and O–H groups in total. The zero-order valence-corrected chi connectivity index (χ0v) is 16.6. The third-order valence-electron chi connectivity index (χ3n) is 4.81. The standard InChI is InChI=1S/C20H20N6O2S/c1-2-7-15(8-3-1)26-17(13-25-10-4-5-11-25)22-23-20(26)29-14-18-21-19(24-28-18)16-9-6-12-27-16/h1-3,6-9,12H,4-5,10-11,13-14H2. The monoisotopic (exact) mass is 408 g/mol. The Morgan fingerprint density at radius 2 is 1.86 bits per heavy atom. The lowest BCUT2D eigenvalue weighted by Crippen LogP contribution is -2.21. The number of likely N-dealkylation sites (tertiary alicyclic amines) is 1. The van der Waals surface area contributed by atoms with Crippen molar-refractivity contribution < 1.29 is 8.94 Å². The predicted molar refractivity (Wildman–Crippen MR) is 107 cm³/mol. The average Bonchev–Trinajstić information content (AvgIpc) is 3.54. The Hall–Kier alpha value is -2.91.